The number of nitrogens with zero attached hydrogens (tertiary/aromatic N) is 4. The highest BCUT2D eigenvalue weighted by Gasteiger charge is 2.26. The highest BCUT2D eigenvalue weighted by molar-refractivity contribution is 6.31. The molecule has 1 unspecified atom stereocenters. The van der Waals surface area contributed by atoms with Gasteiger partial charge in [-0.2, -0.15) is 0 Å². The molecule has 1 fully saturated rings. The van der Waals surface area contributed by atoms with Gasteiger partial charge in [-0.3, -0.25) is 9.36 Å². The average molecular weight is 407 g/mol. The largest absolute Gasteiger partial charge is 0.338 e. The number of aryl methyl sites for hydroxylation is 1. The van der Waals surface area contributed by atoms with Crippen molar-refractivity contribution in [1.29, 1.82) is 0 Å². The lowest BCUT2D eigenvalue weighted by Gasteiger charge is -2.16. The lowest BCUT2D eigenvalue weighted by atomic mass is 10.1. The second-order valence-corrected chi connectivity index (χ2v) is 7.29. The molecule has 0 bridgehead atoms. The number of rotatable bonds is 3. The van der Waals surface area contributed by atoms with E-state index < -0.39 is 17.7 Å². The number of amides is 1. The fourth-order valence-corrected chi connectivity index (χ4v) is 3.64. The van der Waals surface area contributed by atoms with Crippen molar-refractivity contribution < 1.29 is 13.6 Å². The molecule has 6 nitrogen and oxygen atoms in total. The van der Waals surface area contributed by atoms with Crippen LogP contribution in [0.3, 0.4) is 0 Å². The molecule has 0 aliphatic carbocycles. The Morgan fingerprint density at radius 3 is 2.86 bits per heavy atom. The highest BCUT2D eigenvalue weighted by atomic mass is 35.5. The summed E-state index contributed by atoms with van der Waals surface area (Å²) in [5.41, 5.74) is 1.64. The van der Waals surface area contributed by atoms with Crippen molar-refractivity contribution in [2.45, 2.75) is 26.1 Å². The van der Waals surface area contributed by atoms with Crippen molar-refractivity contribution in [3.8, 4) is 11.3 Å². The van der Waals surface area contributed by atoms with Crippen molar-refractivity contribution in [1.82, 2.24) is 18.9 Å². The Morgan fingerprint density at radius 2 is 2.18 bits per heavy atom. The minimum absolute atomic E-state index is 0.0548. The van der Waals surface area contributed by atoms with Crippen LogP contribution in [0.2, 0.25) is 5.02 Å². The van der Waals surface area contributed by atoms with E-state index in [2.05, 4.69) is 4.98 Å². The summed E-state index contributed by atoms with van der Waals surface area (Å²) in [6.07, 6.45) is 2.37. The van der Waals surface area contributed by atoms with Gasteiger partial charge >= 0.3 is 5.69 Å². The number of benzene rings is 1. The molecule has 0 spiro atoms. The van der Waals surface area contributed by atoms with Gasteiger partial charge in [0, 0.05) is 23.9 Å². The standard InChI is InChI=1S/C19H17ClF2N4O2/c1-11-8-25(10-17(27)24-5-4-13(21)9-24)19(28)26-16(7-23-18(11)26)12-2-3-15(22)14(20)6-12/h2-3,6-8,13H,4-5,9-10H2,1H3. The van der Waals surface area contributed by atoms with Crippen LogP contribution in [0.4, 0.5) is 8.78 Å². The summed E-state index contributed by atoms with van der Waals surface area (Å²) in [5.74, 6) is -0.873. The number of likely N-dealkylation sites (tertiary alicyclic amines) is 1. The van der Waals surface area contributed by atoms with Gasteiger partial charge in [0.15, 0.2) is 0 Å². The molecule has 0 saturated carbocycles. The number of halogens is 3. The first kappa shape index (κ1) is 18.6. The summed E-state index contributed by atoms with van der Waals surface area (Å²) >= 11 is 5.87. The molecule has 3 aromatic rings. The van der Waals surface area contributed by atoms with Crippen molar-refractivity contribution in [2.75, 3.05) is 13.1 Å². The zero-order valence-corrected chi connectivity index (χ0v) is 15.8. The number of hydrogen-bond donors (Lipinski definition) is 0. The van der Waals surface area contributed by atoms with Gasteiger partial charge in [-0.25, -0.2) is 23.0 Å². The van der Waals surface area contributed by atoms with Gasteiger partial charge in [0.1, 0.15) is 24.2 Å². The number of carbonyl (C=O) groups is 1. The van der Waals surface area contributed by atoms with Crippen LogP contribution >= 0.6 is 11.6 Å². The van der Waals surface area contributed by atoms with Crippen molar-refractivity contribution >= 4 is 23.2 Å². The summed E-state index contributed by atoms with van der Waals surface area (Å²) < 4.78 is 29.5. The van der Waals surface area contributed by atoms with E-state index in [1.54, 1.807) is 13.1 Å². The minimum atomic E-state index is -1.02. The van der Waals surface area contributed by atoms with Gasteiger partial charge in [-0.1, -0.05) is 11.6 Å². The highest BCUT2D eigenvalue weighted by Crippen LogP contribution is 2.25. The van der Waals surface area contributed by atoms with Gasteiger partial charge in [-0.05, 0) is 31.5 Å². The lowest BCUT2D eigenvalue weighted by Crippen LogP contribution is -2.37. The summed E-state index contributed by atoms with van der Waals surface area (Å²) in [7, 11) is 0. The fourth-order valence-electron chi connectivity index (χ4n) is 3.46. The molecule has 3 heterocycles. The molecule has 146 valence electrons. The first-order valence-electron chi connectivity index (χ1n) is 8.80. The third-order valence-corrected chi connectivity index (χ3v) is 5.20. The van der Waals surface area contributed by atoms with E-state index in [4.69, 9.17) is 11.6 Å². The Balaban J connectivity index is 1.77. The van der Waals surface area contributed by atoms with Crippen LogP contribution in [0, 0.1) is 12.7 Å². The number of aromatic nitrogens is 3. The summed E-state index contributed by atoms with van der Waals surface area (Å²) in [6.45, 7) is 1.99. The topological polar surface area (TPSA) is 59.6 Å². The molecule has 1 atom stereocenters. The van der Waals surface area contributed by atoms with Gasteiger partial charge < -0.3 is 4.90 Å². The van der Waals surface area contributed by atoms with E-state index in [9.17, 15) is 18.4 Å². The third-order valence-electron chi connectivity index (χ3n) is 4.91. The van der Waals surface area contributed by atoms with Gasteiger partial charge in [-0.15, -0.1) is 0 Å². The molecule has 1 aliphatic heterocycles. The molecular weight excluding hydrogens is 390 g/mol. The van der Waals surface area contributed by atoms with E-state index in [0.29, 0.717) is 35.4 Å². The molecule has 28 heavy (non-hydrogen) atoms. The Kier molecular flexibility index (Phi) is 4.66. The summed E-state index contributed by atoms with van der Waals surface area (Å²) in [4.78, 5) is 31.2. The van der Waals surface area contributed by atoms with Crippen molar-refractivity contribution in [3.63, 3.8) is 0 Å². The zero-order valence-electron chi connectivity index (χ0n) is 15.0. The molecule has 1 aliphatic rings. The Labute approximate surface area is 164 Å². The number of hydrogen-bond acceptors (Lipinski definition) is 3. The van der Waals surface area contributed by atoms with Crippen LogP contribution in [0.25, 0.3) is 16.9 Å². The van der Waals surface area contributed by atoms with Crippen LogP contribution in [0.5, 0.6) is 0 Å². The van der Waals surface area contributed by atoms with E-state index in [1.165, 1.54) is 38.3 Å². The monoisotopic (exact) mass is 406 g/mol. The number of imidazole rings is 1. The maximum atomic E-state index is 13.5. The smallest absolute Gasteiger partial charge is 0.334 e. The maximum absolute atomic E-state index is 13.5. The molecule has 1 saturated heterocycles. The van der Waals surface area contributed by atoms with Crippen LogP contribution in [0.15, 0.2) is 35.4 Å². The van der Waals surface area contributed by atoms with Crippen molar-refractivity contribution in [3.05, 3.63) is 57.5 Å². The van der Waals surface area contributed by atoms with E-state index in [0.717, 1.165) is 0 Å². The predicted molar refractivity (Wildman–Crippen MR) is 101 cm³/mol. The molecular formula is C19H17ClF2N4O2. The quantitative estimate of drug-likeness (QED) is 0.672. The second-order valence-electron chi connectivity index (χ2n) is 6.88. The molecule has 1 aromatic carbocycles. The Hall–Kier alpha value is -2.74. The normalized spacial score (nSPS) is 16.9. The minimum Gasteiger partial charge on any atom is -0.338 e. The average Bonchev–Trinajstić information content (AvgIpc) is 3.29. The Morgan fingerprint density at radius 1 is 1.39 bits per heavy atom. The van der Waals surface area contributed by atoms with Crippen LogP contribution in [-0.2, 0) is 11.3 Å². The molecule has 0 N–H and O–H groups in total. The fraction of sp³-hybridized carbons (Fsp3) is 0.316. The SMILES string of the molecule is Cc1cn(CC(=O)N2CCC(F)C2)c(=O)n2c(-c3ccc(F)c(Cl)c3)cnc12. The van der Waals surface area contributed by atoms with Gasteiger partial charge in [0.25, 0.3) is 0 Å². The van der Waals surface area contributed by atoms with E-state index >= 15 is 0 Å². The first-order chi connectivity index (χ1) is 13.3. The maximum Gasteiger partial charge on any atom is 0.334 e. The van der Waals surface area contributed by atoms with Crippen LogP contribution < -0.4 is 5.69 Å². The van der Waals surface area contributed by atoms with Gasteiger partial charge in [0.05, 0.1) is 23.5 Å². The Bertz CT molecular complexity index is 1140. The van der Waals surface area contributed by atoms with Gasteiger partial charge in [0.2, 0.25) is 5.91 Å². The zero-order chi connectivity index (χ0) is 20.0. The molecule has 2 aromatic heterocycles. The van der Waals surface area contributed by atoms with E-state index in [1.807, 2.05) is 0 Å². The first-order valence-corrected chi connectivity index (χ1v) is 9.17. The molecule has 1 amide bonds. The molecule has 9 heteroatoms. The molecule has 4 rings (SSSR count). The van der Waals surface area contributed by atoms with E-state index in [-0.39, 0.29) is 24.0 Å². The summed E-state index contributed by atoms with van der Waals surface area (Å²) in [5, 5.41) is -0.0644. The van der Waals surface area contributed by atoms with Crippen molar-refractivity contribution in [2.24, 2.45) is 0 Å². The number of fused-ring (bicyclic) bond motifs is 1. The summed E-state index contributed by atoms with van der Waals surface area (Å²) in [6, 6.07) is 4.15. The second kappa shape index (κ2) is 7.01. The lowest BCUT2D eigenvalue weighted by molar-refractivity contribution is -0.131. The predicted octanol–water partition coefficient (Wildman–Crippen LogP) is 2.83. The number of alkyl halides is 1. The third kappa shape index (κ3) is 3.17. The van der Waals surface area contributed by atoms with Crippen LogP contribution in [0.1, 0.15) is 12.0 Å². The number of carbonyl (C=O) groups excluding carboxylic acids is 1. The molecule has 0 radical (unpaired) electrons. The van der Waals surface area contributed by atoms with Crippen LogP contribution in [-0.4, -0.2) is 44.0 Å².